The number of sulfonamides is 1. The maximum Gasteiger partial charge on any atom is 0.338 e. The summed E-state index contributed by atoms with van der Waals surface area (Å²) in [5, 5.41) is 0. The highest BCUT2D eigenvalue weighted by Gasteiger charge is 2.34. The molecule has 1 aromatic rings. The third kappa shape index (κ3) is 6.03. The molecule has 0 unspecified atom stereocenters. The second-order valence-electron chi connectivity index (χ2n) is 6.37. The highest BCUT2D eigenvalue weighted by Crippen LogP contribution is 2.18. The van der Waals surface area contributed by atoms with Crippen LogP contribution in [0.3, 0.4) is 0 Å². The first-order valence-corrected chi connectivity index (χ1v) is 12.1. The Bertz CT molecular complexity index is 1030. The molecular weight excluding hydrogens is 420 g/mol. The van der Waals surface area contributed by atoms with Gasteiger partial charge < -0.3 is 9.64 Å². The number of ether oxygens (including phenoxy) is 1. The molecule has 0 spiro atoms. The molecule has 1 fully saturated rings. The molecule has 0 aliphatic carbocycles. The van der Waals surface area contributed by atoms with Crippen molar-refractivity contribution in [3.8, 4) is 12.3 Å². The lowest BCUT2D eigenvalue weighted by Crippen LogP contribution is -2.43. The number of nitrogens with one attached hydrogen (secondary N) is 1. The van der Waals surface area contributed by atoms with Gasteiger partial charge in [-0.3, -0.25) is 4.79 Å². The van der Waals surface area contributed by atoms with Gasteiger partial charge in [-0.15, -0.1) is 6.42 Å². The van der Waals surface area contributed by atoms with E-state index in [0.717, 1.165) is 6.07 Å². The Labute approximate surface area is 170 Å². The molecular formula is C18H22N2O7S2. The molecule has 1 saturated heterocycles. The van der Waals surface area contributed by atoms with Crippen molar-refractivity contribution in [2.75, 3.05) is 31.2 Å². The van der Waals surface area contributed by atoms with E-state index in [1.807, 2.05) is 0 Å². The minimum Gasteiger partial charge on any atom is -0.452 e. The van der Waals surface area contributed by atoms with Gasteiger partial charge in [-0.05, 0) is 31.5 Å². The van der Waals surface area contributed by atoms with E-state index in [9.17, 15) is 26.4 Å². The number of likely N-dealkylation sites (N-methyl/N-ethyl adjacent to an activating group) is 1. The third-order valence-corrected chi connectivity index (χ3v) is 7.53. The molecule has 0 aromatic heterocycles. The minimum absolute atomic E-state index is 0.0240. The van der Waals surface area contributed by atoms with Gasteiger partial charge in [0, 0.05) is 12.6 Å². The van der Waals surface area contributed by atoms with Crippen molar-refractivity contribution in [3.05, 3.63) is 29.8 Å². The maximum atomic E-state index is 12.4. The number of esters is 1. The van der Waals surface area contributed by atoms with E-state index < -0.39 is 44.4 Å². The number of hydrogen-bond donors (Lipinski definition) is 1. The second-order valence-corrected chi connectivity index (χ2v) is 10.4. The van der Waals surface area contributed by atoms with E-state index >= 15 is 0 Å². The van der Waals surface area contributed by atoms with Crippen molar-refractivity contribution in [2.24, 2.45) is 0 Å². The van der Waals surface area contributed by atoms with Crippen LogP contribution in [0.5, 0.6) is 0 Å². The number of nitrogens with zero attached hydrogens (tertiary/aromatic N) is 1. The van der Waals surface area contributed by atoms with Crippen LogP contribution in [-0.2, 0) is 29.4 Å². The number of benzene rings is 1. The van der Waals surface area contributed by atoms with Crippen LogP contribution in [0.2, 0.25) is 0 Å². The topological polar surface area (TPSA) is 127 Å². The zero-order valence-electron chi connectivity index (χ0n) is 15.8. The van der Waals surface area contributed by atoms with Crippen LogP contribution in [0, 0.1) is 12.3 Å². The number of rotatable bonds is 8. The van der Waals surface area contributed by atoms with Crippen molar-refractivity contribution in [1.29, 1.82) is 0 Å². The Morgan fingerprint density at radius 1 is 1.38 bits per heavy atom. The average Bonchev–Trinajstić information content (AvgIpc) is 3.04. The van der Waals surface area contributed by atoms with Crippen LogP contribution in [0.4, 0.5) is 0 Å². The third-order valence-electron chi connectivity index (χ3n) is 4.38. The molecule has 1 N–H and O–H groups in total. The van der Waals surface area contributed by atoms with Crippen molar-refractivity contribution in [3.63, 3.8) is 0 Å². The summed E-state index contributed by atoms with van der Waals surface area (Å²) in [5.41, 5.74) is -0.0483. The molecule has 1 atom stereocenters. The van der Waals surface area contributed by atoms with Crippen LogP contribution in [0.15, 0.2) is 29.2 Å². The highest BCUT2D eigenvalue weighted by molar-refractivity contribution is 7.91. The summed E-state index contributed by atoms with van der Waals surface area (Å²) in [7, 11) is -7.04. The quantitative estimate of drug-likeness (QED) is 0.436. The number of sulfone groups is 1. The number of hydrogen-bond acceptors (Lipinski definition) is 7. The van der Waals surface area contributed by atoms with E-state index in [4.69, 9.17) is 11.2 Å². The van der Waals surface area contributed by atoms with Crippen LogP contribution < -0.4 is 4.72 Å². The highest BCUT2D eigenvalue weighted by atomic mass is 32.2. The zero-order chi connectivity index (χ0) is 21.7. The SMILES string of the molecule is C#CCNS(=O)(=O)c1cccc(C(=O)OCC(=O)N(CC)[C@@H]2CCS(=O)(=O)C2)c1. The summed E-state index contributed by atoms with van der Waals surface area (Å²) in [6, 6.07) is 4.69. The first-order chi connectivity index (χ1) is 13.6. The van der Waals surface area contributed by atoms with Gasteiger partial charge in [-0.2, -0.15) is 4.72 Å². The summed E-state index contributed by atoms with van der Waals surface area (Å²) < 4.78 is 54.6. The van der Waals surface area contributed by atoms with Gasteiger partial charge in [0.05, 0.1) is 28.5 Å². The van der Waals surface area contributed by atoms with Gasteiger partial charge >= 0.3 is 5.97 Å². The van der Waals surface area contributed by atoms with Gasteiger partial charge in [0.2, 0.25) is 10.0 Å². The molecule has 1 aliphatic rings. The summed E-state index contributed by atoms with van der Waals surface area (Å²) in [6.07, 6.45) is 5.38. The Morgan fingerprint density at radius 3 is 2.69 bits per heavy atom. The molecule has 1 aliphatic heterocycles. The van der Waals surface area contributed by atoms with E-state index in [-0.39, 0.29) is 35.1 Å². The van der Waals surface area contributed by atoms with E-state index in [2.05, 4.69) is 10.6 Å². The Morgan fingerprint density at radius 2 is 2.10 bits per heavy atom. The van der Waals surface area contributed by atoms with E-state index in [0.29, 0.717) is 6.42 Å². The maximum absolute atomic E-state index is 12.4. The molecule has 0 saturated carbocycles. The molecule has 158 valence electrons. The van der Waals surface area contributed by atoms with Crippen molar-refractivity contribution < 1.29 is 31.2 Å². The van der Waals surface area contributed by atoms with Crippen molar-refractivity contribution >= 4 is 31.7 Å². The fourth-order valence-electron chi connectivity index (χ4n) is 2.96. The Hall–Kier alpha value is -2.42. The van der Waals surface area contributed by atoms with Crippen LogP contribution >= 0.6 is 0 Å². The molecule has 1 heterocycles. The van der Waals surface area contributed by atoms with Gasteiger partial charge in [0.15, 0.2) is 16.4 Å². The monoisotopic (exact) mass is 442 g/mol. The van der Waals surface area contributed by atoms with Crippen LogP contribution in [0.25, 0.3) is 0 Å². The van der Waals surface area contributed by atoms with Crippen molar-refractivity contribution in [1.82, 2.24) is 9.62 Å². The number of carbonyl (C=O) groups is 2. The summed E-state index contributed by atoms with van der Waals surface area (Å²) in [5.74, 6) is 0.680. The number of amides is 1. The molecule has 29 heavy (non-hydrogen) atoms. The molecule has 2 rings (SSSR count). The van der Waals surface area contributed by atoms with Crippen molar-refractivity contribution in [2.45, 2.75) is 24.3 Å². The van der Waals surface area contributed by atoms with Gasteiger partial charge in [0.25, 0.3) is 5.91 Å². The van der Waals surface area contributed by atoms with E-state index in [1.165, 1.54) is 23.1 Å². The lowest BCUT2D eigenvalue weighted by Gasteiger charge is -2.26. The van der Waals surface area contributed by atoms with Gasteiger partial charge in [-0.25, -0.2) is 21.6 Å². The largest absolute Gasteiger partial charge is 0.452 e. The standard InChI is InChI=1S/C18H22N2O7S2/c1-3-9-19-29(25,26)16-7-5-6-14(11-16)18(22)27-12-17(21)20(4-2)15-8-10-28(23,24)13-15/h1,5-7,11,15,19H,4,8-10,12-13H2,2H3/t15-/m1/s1. The predicted octanol–water partition coefficient (Wildman–Crippen LogP) is -0.209. The number of carbonyl (C=O) groups excluding carboxylic acids is 2. The lowest BCUT2D eigenvalue weighted by molar-refractivity contribution is -0.136. The Kier molecular flexibility index (Phi) is 7.40. The summed E-state index contributed by atoms with van der Waals surface area (Å²) in [4.78, 5) is 25.8. The first kappa shape index (κ1) is 22.9. The second kappa shape index (κ2) is 9.39. The summed E-state index contributed by atoms with van der Waals surface area (Å²) >= 11 is 0. The molecule has 0 bridgehead atoms. The number of terminal acetylenes is 1. The fourth-order valence-corrected chi connectivity index (χ4v) is 5.67. The Balaban J connectivity index is 2.02. The van der Waals surface area contributed by atoms with Crippen LogP contribution in [0.1, 0.15) is 23.7 Å². The van der Waals surface area contributed by atoms with Gasteiger partial charge in [0.1, 0.15) is 0 Å². The van der Waals surface area contributed by atoms with Gasteiger partial charge in [-0.1, -0.05) is 12.0 Å². The van der Waals surface area contributed by atoms with E-state index in [1.54, 1.807) is 6.92 Å². The average molecular weight is 443 g/mol. The van der Waals surface area contributed by atoms with Crippen LogP contribution in [-0.4, -0.2) is 70.9 Å². The predicted molar refractivity (Wildman–Crippen MR) is 105 cm³/mol. The zero-order valence-corrected chi connectivity index (χ0v) is 17.5. The molecule has 11 heteroatoms. The minimum atomic E-state index is -3.88. The molecule has 0 radical (unpaired) electrons. The first-order valence-electron chi connectivity index (χ1n) is 8.80. The smallest absolute Gasteiger partial charge is 0.338 e. The summed E-state index contributed by atoms with van der Waals surface area (Å²) in [6.45, 7) is 1.22. The normalized spacial score (nSPS) is 18.0. The molecule has 9 nitrogen and oxygen atoms in total. The molecule has 1 aromatic carbocycles. The fraction of sp³-hybridized carbons (Fsp3) is 0.444. The lowest BCUT2D eigenvalue weighted by atomic mass is 10.2. The molecule has 1 amide bonds.